The second kappa shape index (κ2) is 19.7. The van der Waals surface area contributed by atoms with Gasteiger partial charge in [-0.25, -0.2) is 28.8 Å². The van der Waals surface area contributed by atoms with E-state index in [0.29, 0.717) is 6.61 Å². The predicted molar refractivity (Wildman–Crippen MR) is 77.9 cm³/mol. The van der Waals surface area contributed by atoms with Gasteiger partial charge in [0, 0.05) is 19.3 Å². The maximum atomic E-state index is 10.4. The van der Waals surface area contributed by atoms with Gasteiger partial charge in [0.2, 0.25) is 0 Å². The number of ether oxygens (including phenoxy) is 3. The maximum Gasteiger partial charge on any atom is 0.330 e. The van der Waals surface area contributed by atoms with E-state index < -0.39 is 18.2 Å². The summed E-state index contributed by atoms with van der Waals surface area (Å²) < 4.78 is 13.2. The van der Waals surface area contributed by atoms with Crippen LogP contribution in [0.25, 0.3) is 0 Å². The summed E-state index contributed by atoms with van der Waals surface area (Å²) in [4.78, 5) is 19.5. The Labute approximate surface area is 130 Å². The van der Waals surface area contributed by atoms with Crippen molar-refractivity contribution in [2.75, 3.05) is 33.0 Å². The minimum atomic E-state index is -0.823. The minimum Gasteiger partial charge on any atom is -0.553 e. The van der Waals surface area contributed by atoms with E-state index in [4.69, 9.17) is 10.2 Å². The van der Waals surface area contributed by atoms with Gasteiger partial charge in [0.1, 0.15) is 32.0 Å². The number of carbonyl (C=O) groups is 1. The van der Waals surface area contributed by atoms with E-state index in [9.17, 15) is 4.79 Å². The number of aliphatic hydroxyl groups is 2. The zero-order valence-electron chi connectivity index (χ0n) is 13.2. The standard InChI is InChI=1S/C7H11O4.C7H13O4.Rf/c1-3-7(9)11-5-6(8)4-10-2;1-3-4-10-11-6-7(8)5-9-2;/h3,6,8H,1-2,4-5H2;3,7-8H,1-2,4-6H2;/q2*-1;. The van der Waals surface area contributed by atoms with E-state index in [-0.39, 0.29) is 26.4 Å². The molecule has 0 saturated heterocycles. The van der Waals surface area contributed by atoms with Crippen molar-refractivity contribution >= 4 is 5.97 Å². The molecule has 0 aliphatic rings. The molecule has 0 aliphatic heterocycles. The average Bonchev–Trinajstić information content (AvgIpc) is 2.50. The normalized spacial score (nSPS) is 12.0. The third-order valence-corrected chi connectivity index (χ3v) is 1.73. The Morgan fingerprint density at radius 2 is 1.52 bits per heavy atom. The number of carbonyl (C=O) groups excluding carboxylic acids is 1. The first-order valence-electron chi connectivity index (χ1n) is 6.26. The van der Waals surface area contributed by atoms with Gasteiger partial charge >= 0.3 is 5.97 Å². The van der Waals surface area contributed by atoms with E-state index in [2.05, 4.69) is 51.4 Å². The van der Waals surface area contributed by atoms with E-state index in [1.165, 1.54) is 0 Å². The third-order valence-electron chi connectivity index (χ3n) is 1.73. The summed E-state index contributed by atoms with van der Waals surface area (Å²) in [7, 11) is 6.15. The molecule has 8 nitrogen and oxygen atoms in total. The quantitative estimate of drug-likeness (QED) is 0.0635. The van der Waals surface area contributed by atoms with Crippen molar-refractivity contribution in [2.24, 2.45) is 0 Å². The van der Waals surface area contributed by atoms with Gasteiger partial charge in [-0.3, -0.25) is 0 Å². The zero-order valence-corrected chi connectivity index (χ0v) is 19.6. The SMILES string of the molecule is C=CC(=O)OCC(O)CO[CH2-].C=CCOOCC(O)CO[CH2-].[Rf]. The van der Waals surface area contributed by atoms with E-state index in [0.717, 1.165) is 6.08 Å². The molecule has 0 fully saturated rings. The van der Waals surface area contributed by atoms with Gasteiger partial charge in [-0.15, -0.1) is 6.58 Å². The van der Waals surface area contributed by atoms with Gasteiger partial charge in [-0.2, -0.15) is 0 Å². The first-order valence-corrected chi connectivity index (χ1v) is 6.26. The maximum absolute atomic E-state index is 10.4. The van der Waals surface area contributed by atoms with E-state index in [1.807, 2.05) is 0 Å². The number of rotatable bonds is 12. The van der Waals surface area contributed by atoms with Crippen molar-refractivity contribution in [2.45, 2.75) is 12.2 Å². The van der Waals surface area contributed by atoms with Crippen LogP contribution in [-0.4, -0.2) is 61.4 Å². The molecule has 0 bridgehead atoms. The summed E-state index contributed by atoms with van der Waals surface area (Å²) >= 11 is 0. The van der Waals surface area contributed by atoms with Crippen molar-refractivity contribution in [1.29, 1.82) is 0 Å². The molecule has 0 aromatic carbocycles. The summed E-state index contributed by atoms with van der Waals surface area (Å²) in [6.45, 7) is 7.06. The second-order valence-corrected chi connectivity index (χ2v) is 3.74. The second-order valence-electron chi connectivity index (χ2n) is 3.74. The number of aliphatic hydroxyl groups excluding tert-OH is 2. The van der Waals surface area contributed by atoms with Gasteiger partial charge in [-0.1, -0.05) is 12.7 Å². The van der Waals surface area contributed by atoms with Gasteiger partial charge in [0.05, 0.1) is 0 Å². The van der Waals surface area contributed by atoms with E-state index >= 15 is 0 Å². The summed E-state index contributed by atoms with van der Waals surface area (Å²) in [6.07, 6.45) is 1.05. The largest absolute Gasteiger partial charge is 0.553 e. The fraction of sp³-hybridized carbons (Fsp3) is 0.500. The first kappa shape index (κ1) is 25.7. The van der Waals surface area contributed by atoms with Crippen molar-refractivity contribution in [1.82, 2.24) is 0 Å². The van der Waals surface area contributed by atoms with Crippen LogP contribution in [0, 0.1) is 14.2 Å². The summed E-state index contributed by atoms with van der Waals surface area (Å²) in [5, 5.41) is 17.9. The Morgan fingerprint density at radius 3 is 1.96 bits per heavy atom. The Bertz CT molecular complexity index is 288. The minimum absolute atomic E-state index is 0. The monoisotopic (exact) mass is 587 g/mol. The molecule has 0 saturated carbocycles. The molecular formula is C14H24O8Rf-2. The molecule has 0 amide bonds. The number of esters is 1. The molecule has 0 rings (SSSR count). The summed E-state index contributed by atoms with van der Waals surface area (Å²) in [5.74, 6) is -0.562. The molecule has 2 atom stereocenters. The van der Waals surface area contributed by atoms with Crippen LogP contribution in [0.5, 0.6) is 0 Å². The predicted octanol–water partition coefficient (Wildman–Crippen LogP) is 0.174. The Morgan fingerprint density at radius 1 is 1.00 bits per heavy atom. The molecule has 2 unspecified atom stereocenters. The van der Waals surface area contributed by atoms with Gasteiger partial charge in [0.15, 0.2) is 0 Å². The van der Waals surface area contributed by atoms with Crippen molar-refractivity contribution in [3.05, 3.63) is 39.5 Å². The van der Waals surface area contributed by atoms with Gasteiger partial charge < -0.3 is 24.4 Å². The number of hydrogen-bond donors (Lipinski definition) is 2. The van der Waals surface area contributed by atoms with Crippen LogP contribution < -0.4 is 0 Å². The molecule has 0 spiro atoms. The molecule has 0 aromatic heterocycles. The van der Waals surface area contributed by atoms with Crippen molar-refractivity contribution in [3.8, 4) is 0 Å². The fourth-order valence-corrected chi connectivity index (χ4v) is 0.828. The molecule has 2 N–H and O–H groups in total. The summed E-state index contributed by atoms with van der Waals surface area (Å²) in [6, 6.07) is 0. The Balaban J connectivity index is -0.000000333. The van der Waals surface area contributed by atoms with Crippen LogP contribution in [0.1, 0.15) is 0 Å². The summed E-state index contributed by atoms with van der Waals surface area (Å²) in [5.41, 5.74) is 0. The Hall–Kier alpha value is -2.29. The molecule has 0 aromatic rings. The van der Waals surface area contributed by atoms with Crippen LogP contribution in [0.4, 0.5) is 0 Å². The number of hydrogen-bond acceptors (Lipinski definition) is 8. The van der Waals surface area contributed by atoms with Crippen LogP contribution >= 0.6 is 0 Å². The zero-order chi connectivity index (χ0) is 17.2. The molecule has 0 aliphatic carbocycles. The van der Waals surface area contributed by atoms with Gasteiger partial charge in [-0.05, 0) is 0 Å². The van der Waals surface area contributed by atoms with Crippen LogP contribution in [-0.2, 0) is 28.8 Å². The first-order chi connectivity index (χ1) is 10.5. The fourth-order valence-electron chi connectivity index (χ4n) is 0.828. The van der Waals surface area contributed by atoms with Crippen LogP contribution in [0.2, 0.25) is 0 Å². The van der Waals surface area contributed by atoms with Crippen molar-refractivity contribution in [3.63, 3.8) is 0 Å². The molecular weight excluding hydrogens is 563 g/mol. The molecule has 23 heavy (non-hydrogen) atoms. The smallest absolute Gasteiger partial charge is 0.330 e. The molecule has 0 radical (unpaired) electrons. The molecule has 0 heterocycles. The molecule has 9 heteroatoms. The van der Waals surface area contributed by atoms with E-state index in [1.54, 1.807) is 6.08 Å². The third kappa shape index (κ3) is 22.1. The molecule has 132 valence electrons. The topological polar surface area (TPSA) is 104 Å². The van der Waals surface area contributed by atoms with Crippen LogP contribution in [0.15, 0.2) is 25.3 Å². The van der Waals surface area contributed by atoms with Crippen molar-refractivity contribution < 1.29 is 39.0 Å². The Kier molecular flexibility index (Phi) is 22.0. The van der Waals surface area contributed by atoms with Gasteiger partial charge in [0.25, 0.3) is 0 Å². The average molecular weight is 587 g/mol. The van der Waals surface area contributed by atoms with Crippen LogP contribution in [0.3, 0.4) is 0 Å².